The van der Waals surface area contributed by atoms with Gasteiger partial charge in [0, 0.05) is 24.6 Å². The van der Waals surface area contributed by atoms with Crippen LogP contribution in [-0.2, 0) is 6.18 Å². The van der Waals surface area contributed by atoms with Gasteiger partial charge < -0.3 is 15.4 Å². The van der Waals surface area contributed by atoms with Crippen LogP contribution in [0.25, 0.3) is 16.9 Å². The smallest absolute Gasteiger partial charge is 0.478 e. The minimum Gasteiger partial charge on any atom is -0.618 e. The van der Waals surface area contributed by atoms with E-state index in [2.05, 4.69) is 4.98 Å². The van der Waals surface area contributed by atoms with E-state index < -0.39 is 34.0 Å². The van der Waals surface area contributed by atoms with E-state index in [9.17, 15) is 38.7 Å². The molecule has 28 heavy (non-hydrogen) atoms. The fourth-order valence-corrected chi connectivity index (χ4v) is 2.69. The van der Waals surface area contributed by atoms with E-state index in [0.717, 1.165) is 18.2 Å². The van der Waals surface area contributed by atoms with Crippen molar-refractivity contribution in [3.8, 4) is 28.4 Å². The van der Waals surface area contributed by atoms with Crippen molar-refractivity contribution in [2.24, 2.45) is 0 Å². The standard InChI is InChI=1S/C16H11F3N4O5/c1-8-10(2-3-14(22(8)26)16(17,18)19)21-7-20-6-12(21)9-4-11(23(27)28)15(25)13(24)5-9/h2-7,24-25H,1H3. The molecule has 0 aliphatic heterocycles. The first-order valence-corrected chi connectivity index (χ1v) is 7.56. The number of halogens is 3. The average Bonchev–Trinajstić information content (AvgIpc) is 3.07. The van der Waals surface area contributed by atoms with Gasteiger partial charge in [-0.3, -0.25) is 14.7 Å². The van der Waals surface area contributed by atoms with Gasteiger partial charge >= 0.3 is 11.9 Å². The summed E-state index contributed by atoms with van der Waals surface area (Å²) >= 11 is 0. The molecule has 9 nitrogen and oxygen atoms in total. The minimum atomic E-state index is -4.84. The highest BCUT2D eigenvalue weighted by Gasteiger charge is 2.40. The third-order valence-electron chi connectivity index (χ3n) is 4.04. The molecule has 2 heterocycles. The van der Waals surface area contributed by atoms with Crippen LogP contribution in [0.2, 0.25) is 0 Å². The molecular weight excluding hydrogens is 385 g/mol. The van der Waals surface area contributed by atoms with E-state index >= 15 is 0 Å². The lowest BCUT2D eigenvalue weighted by molar-refractivity contribution is -0.635. The van der Waals surface area contributed by atoms with Crippen LogP contribution in [0.3, 0.4) is 0 Å². The van der Waals surface area contributed by atoms with Gasteiger partial charge in [0.2, 0.25) is 11.4 Å². The summed E-state index contributed by atoms with van der Waals surface area (Å²) in [5, 5.41) is 42.4. The molecule has 3 aromatic rings. The summed E-state index contributed by atoms with van der Waals surface area (Å²) in [5.41, 5.74) is -2.21. The van der Waals surface area contributed by atoms with Gasteiger partial charge in [-0.1, -0.05) is 0 Å². The quantitative estimate of drug-likeness (QED) is 0.230. The first-order chi connectivity index (χ1) is 13.0. The van der Waals surface area contributed by atoms with E-state index in [0.29, 0.717) is 6.07 Å². The van der Waals surface area contributed by atoms with Crippen LogP contribution >= 0.6 is 0 Å². The second-order valence-corrected chi connectivity index (χ2v) is 5.75. The molecule has 0 fully saturated rings. The summed E-state index contributed by atoms with van der Waals surface area (Å²) in [7, 11) is 0. The molecule has 0 bridgehead atoms. The fraction of sp³-hybridized carbons (Fsp3) is 0.125. The predicted octanol–water partition coefficient (Wildman–Crippen LogP) is 2.82. The zero-order chi connectivity index (χ0) is 20.8. The highest BCUT2D eigenvalue weighted by atomic mass is 19.4. The molecule has 2 aromatic heterocycles. The molecule has 0 saturated carbocycles. The first kappa shape index (κ1) is 18.9. The number of hydrogen-bond donors (Lipinski definition) is 2. The summed E-state index contributed by atoms with van der Waals surface area (Å²) in [4.78, 5) is 14.0. The predicted molar refractivity (Wildman–Crippen MR) is 87.7 cm³/mol. The van der Waals surface area contributed by atoms with Crippen LogP contribution in [0.4, 0.5) is 18.9 Å². The second-order valence-electron chi connectivity index (χ2n) is 5.75. The molecule has 1 aromatic carbocycles. The number of benzene rings is 1. The van der Waals surface area contributed by atoms with E-state index in [-0.39, 0.29) is 27.4 Å². The van der Waals surface area contributed by atoms with Gasteiger partial charge in [-0.2, -0.15) is 17.9 Å². The van der Waals surface area contributed by atoms with Crippen molar-refractivity contribution < 1.29 is 33.0 Å². The highest BCUT2D eigenvalue weighted by molar-refractivity contribution is 5.71. The van der Waals surface area contributed by atoms with Crippen molar-refractivity contribution in [3.05, 3.63) is 63.5 Å². The SMILES string of the molecule is Cc1c(-n2cncc2-c2cc(O)c(O)c([N+](=O)[O-])c2)ccc(C(F)(F)F)[n+]1[O-]. The van der Waals surface area contributed by atoms with E-state index in [4.69, 9.17) is 0 Å². The molecule has 0 unspecified atom stereocenters. The number of phenolic OH excluding ortho intramolecular Hbond substituents is 2. The Hall–Kier alpha value is -3.83. The molecule has 0 spiro atoms. The van der Waals surface area contributed by atoms with Crippen molar-refractivity contribution in [3.63, 3.8) is 0 Å². The Kier molecular flexibility index (Phi) is 4.33. The van der Waals surface area contributed by atoms with Crippen LogP contribution in [0.1, 0.15) is 11.4 Å². The second kappa shape index (κ2) is 6.40. The van der Waals surface area contributed by atoms with Gasteiger partial charge in [0.15, 0.2) is 5.75 Å². The number of pyridine rings is 1. The molecule has 0 radical (unpaired) electrons. The third-order valence-corrected chi connectivity index (χ3v) is 4.04. The van der Waals surface area contributed by atoms with Crippen LogP contribution in [-0.4, -0.2) is 24.7 Å². The van der Waals surface area contributed by atoms with E-state index in [1.54, 1.807) is 0 Å². The van der Waals surface area contributed by atoms with Gasteiger partial charge in [0.25, 0.3) is 5.69 Å². The maximum Gasteiger partial charge on any atom is 0.478 e. The number of nitrogens with zero attached hydrogens (tertiary/aromatic N) is 4. The number of rotatable bonds is 3. The van der Waals surface area contributed by atoms with E-state index in [1.165, 1.54) is 24.0 Å². The van der Waals surface area contributed by atoms with Gasteiger partial charge in [-0.05, 0) is 12.1 Å². The third kappa shape index (κ3) is 3.04. The minimum absolute atomic E-state index is 0.0470. The number of hydrogen-bond acceptors (Lipinski definition) is 6. The van der Waals surface area contributed by atoms with Crippen LogP contribution in [0.5, 0.6) is 11.5 Å². The van der Waals surface area contributed by atoms with Crippen molar-refractivity contribution in [2.45, 2.75) is 13.1 Å². The number of phenols is 2. The largest absolute Gasteiger partial charge is 0.618 e. The summed E-state index contributed by atoms with van der Waals surface area (Å²) < 4.78 is 39.7. The maximum absolute atomic E-state index is 12.9. The fourth-order valence-electron chi connectivity index (χ4n) is 2.69. The van der Waals surface area contributed by atoms with Gasteiger partial charge in [-0.15, -0.1) is 0 Å². The number of imidazole rings is 1. The molecule has 12 heteroatoms. The molecule has 0 amide bonds. The van der Waals surface area contributed by atoms with Crippen LogP contribution in [0, 0.1) is 22.2 Å². The Labute approximate surface area is 154 Å². The number of alkyl halides is 3. The molecule has 2 N–H and O–H groups in total. The number of nitro benzene ring substituents is 1. The molecule has 0 atom stereocenters. The van der Waals surface area contributed by atoms with Crippen LogP contribution in [0.15, 0.2) is 36.8 Å². The monoisotopic (exact) mass is 396 g/mol. The lowest BCUT2D eigenvalue weighted by atomic mass is 10.1. The lowest BCUT2D eigenvalue weighted by Gasteiger charge is -2.14. The maximum atomic E-state index is 12.9. The van der Waals surface area contributed by atoms with Crippen LogP contribution < -0.4 is 4.73 Å². The normalized spacial score (nSPS) is 11.6. The average molecular weight is 396 g/mol. The summed E-state index contributed by atoms with van der Waals surface area (Å²) in [6.45, 7) is 1.18. The molecule has 0 saturated heterocycles. The lowest BCUT2D eigenvalue weighted by Crippen LogP contribution is -2.40. The Morgan fingerprint density at radius 1 is 1.25 bits per heavy atom. The van der Waals surface area contributed by atoms with Gasteiger partial charge in [0.1, 0.15) is 5.69 Å². The van der Waals surface area contributed by atoms with Crippen molar-refractivity contribution >= 4 is 5.69 Å². The summed E-state index contributed by atoms with van der Waals surface area (Å²) in [5.74, 6) is -1.69. The molecule has 3 rings (SSSR count). The van der Waals surface area contributed by atoms with Crippen molar-refractivity contribution in [1.82, 2.24) is 9.55 Å². The number of aromatic nitrogens is 3. The Bertz CT molecular complexity index is 1090. The molecule has 0 aliphatic carbocycles. The molecule has 0 aliphatic rings. The topological polar surface area (TPSA) is 128 Å². The Morgan fingerprint density at radius 2 is 1.93 bits per heavy atom. The Morgan fingerprint density at radius 3 is 2.54 bits per heavy atom. The molecule has 146 valence electrons. The summed E-state index contributed by atoms with van der Waals surface area (Å²) in [6.07, 6.45) is -2.41. The Balaban J connectivity index is 2.20. The van der Waals surface area contributed by atoms with Crippen molar-refractivity contribution in [2.75, 3.05) is 0 Å². The number of aromatic hydroxyl groups is 2. The first-order valence-electron chi connectivity index (χ1n) is 7.56. The zero-order valence-electron chi connectivity index (χ0n) is 14.0. The molecular formula is C16H11F3N4O5. The highest BCUT2D eigenvalue weighted by Crippen LogP contribution is 2.40. The van der Waals surface area contributed by atoms with Gasteiger partial charge in [-0.25, -0.2) is 4.98 Å². The van der Waals surface area contributed by atoms with Gasteiger partial charge in [0.05, 0.1) is 23.1 Å². The zero-order valence-corrected chi connectivity index (χ0v) is 14.0. The number of nitro groups is 1. The van der Waals surface area contributed by atoms with Crippen molar-refractivity contribution in [1.29, 1.82) is 0 Å². The summed E-state index contributed by atoms with van der Waals surface area (Å²) in [6, 6.07) is 3.66. The van der Waals surface area contributed by atoms with E-state index in [1.807, 2.05) is 0 Å².